The number of esters is 1. The quantitative estimate of drug-likeness (QED) is 0.725. The van der Waals surface area contributed by atoms with E-state index >= 15 is 0 Å². The molecule has 0 fully saturated rings. The fourth-order valence-electron chi connectivity index (χ4n) is 1.95. The van der Waals surface area contributed by atoms with E-state index in [0.29, 0.717) is 0 Å². The van der Waals surface area contributed by atoms with E-state index in [1.165, 1.54) is 18.2 Å². The Balaban J connectivity index is 2.95. The molecule has 1 rings (SSSR count). The number of hydrogen-bond acceptors (Lipinski definition) is 2. The van der Waals surface area contributed by atoms with E-state index in [1.54, 1.807) is 0 Å². The molecular formula is C15H22O2. The number of methoxy groups -OCH3 is 1. The molecule has 0 aliphatic rings. The van der Waals surface area contributed by atoms with E-state index < -0.39 is 0 Å². The van der Waals surface area contributed by atoms with Crippen LogP contribution in [-0.2, 0) is 9.53 Å². The summed E-state index contributed by atoms with van der Waals surface area (Å²) in [6.45, 7) is 6.29. The largest absolute Gasteiger partial charge is 0.469 e. The lowest BCUT2D eigenvalue weighted by atomic mass is 9.91. The third kappa shape index (κ3) is 3.58. The Labute approximate surface area is 104 Å². The minimum atomic E-state index is -0.123. The maximum atomic E-state index is 11.8. The van der Waals surface area contributed by atoms with Crippen LogP contribution < -0.4 is 0 Å². The van der Waals surface area contributed by atoms with Crippen LogP contribution >= 0.6 is 0 Å². The van der Waals surface area contributed by atoms with Crippen molar-refractivity contribution in [2.24, 2.45) is 0 Å². The van der Waals surface area contributed by atoms with Gasteiger partial charge in [0.15, 0.2) is 0 Å². The number of benzene rings is 1. The van der Waals surface area contributed by atoms with Gasteiger partial charge >= 0.3 is 5.97 Å². The number of ether oxygens (including phenoxy) is 1. The Morgan fingerprint density at radius 1 is 1.29 bits per heavy atom. The third-order valence-electron chi connectivity index (χ3n) is 3.27. The van der Waals surface area contributed by atoms with Crippen LogP contribution in [0.4, 0.5) is 0 Å². The summed E-state index contributed by atoms with van der Waals surface area (Å²) in [6.07, 6.45) is 3.01. The second kappa shape index (κ2) is 6.43. The van der Waals surface area contributed by atoms with Gasteiger partial charge in [-0.1, -0.05) is 38.0 Å². The lowest BCUT2D eigenvalue weighted by molar-refractivity contribution is -0.142. The molecule has 0 aliphatic carbocycles. The second-order valence-corrected chi connectivity index (χ2v) is 4.56. The highest BCUT2D eigenvalue weighted by Crippen LogP contribution is 2.25. The van der Waals surface area contributed by atoms with Gasteiger partial charge in [0.1, 0.15) is 0 Å². The lowest BCUT2D eigenvalue weighted by Gasteiger charge is -2.15. The van der Waals surface area contributed by atoms with Gasteiger partial charge in [0, 0.05) is 0 Å². The highest BCUT2D eigenvalue weighted by molar-refractivity contribution is 5.78. The van der Waals surface area contributed by atoms with E-state index in [1.807, 2.05) is 6.07 Å². The maximum absolute atomic E-state index is 11.8. The summed E-state index contributed by atoms with van der Waals surface area (Å²) in [5, 5.41) is 0. The monoisotopic (exact) mass is 234 g/mol. The predicted octanol–water partition coefficient (Wildman–Crippen LogP) is 3.75. The van der Waals surface area contributed by atoms with Gasteiger partial charge in [-0.05, 0) is 37.0 Å². The number of hydrogen-bond donors (Lipinski definition) is 0. The average Bonchev–Trinajstić information content (AvgIpc) is 2.33. The first kappa shape index (κ1) is 13.8. The molecule has 17 heavy (non-hydrogen) atoms. The topological polar surface area (TPSA) is 26.3 Å². The molecule has 2 nitrogen and oxygen atoms in total. The molecule has 0 bridgehead atoms. The van der Waals surface area contributed by atoms with Crippen molar-refractivity contribution in [3.8, 4) is 0 Å². The number of unbranched alkanes of at least 4 members (excludes halogenated alkanes) is 1. The van der Waals surface area contributed by atoms with Crippen LogP contribution in [0.25, 0.3) is 0 Å². The standard InChI is InChI=1S/C15H22O2/c1-5-6-7-14(15(16)17-4)13-9-8-11(2)12(3)10-13/h8-10,14H,5-7H2,1-4H3. The molecule has 0 spiro atoms. The maximum Gasteiger partial charge on any atom is 0.313 e. The Bertz CT molecular complexity index is 383. The molecule has 0 saturated heterocycles. The van der Waals surface area contributed by atoms with Gasteiger partial charge in [-0.3, -0.25) is 4.79 Å². The summed E-state index contributed by atoms with van der Waals surface area (Å²) in [5.74, 6) is -0.235. The van der Waals surface area contributed by atoms with Crippen LogP contribution in [-0.4, -0.2) is 13.1 Å². The smallest absolute Gasteiger partial charge is 0.313 e. The predicted molar refractivity (Wildman–Crippen MR) is 70.2 cm³/mol. The number of aryl methyl sites for hydroxylation is 2. The van der Waals surface area contributed by atoms with E-state index in [4.69, 9.17) is 4.74 Å². The molecule has 1 aromatic rings. The molecular weight excluding hydrogens is 212 g/mol. The molecule has 0 radical (unpaired) electrons. The number of carbonyl (C=O) groups is 1. The molecule has 0 aliphatic heterocycles. The molecule has 0 heterocycles. The fraction of sp³-hybridized carbons (Fsp3) is 0.533. The molecule has 0 saturated carbocycles. The first-order valence-corrected chi connectivity index (χ1v) is 6.25. The zero-order valence-corrected chi connectivity index (χ0v) is 11.2. The highest BCUT2D eigenvalue weighted by Gasteiger charge is 2.20. The third-order valence-corrected chi connectivity index (χ3v) is 3.27. The summed E-state index contributed by atoms with van der Waals surface area (Å²) in [5.41, 5.74) is 3.56. The lowest BCUT2D eigenvalue weighted by Crippen LogP contribution is -2.14. The van der Waals surface area contributed by atoms with Crippen molar-refractivity contribution in [1.82, 2.24) is 0 Å². The van der Waals surface area contributed by atoms with Gasteiger partial charge in [-0.15, -0.1) is 0 Å². The zero-order chi connectivity index (χ0) is 12.8. The second-order valence-electron chi connectivity index (χ2n) is 4.56. The van der Waals surface area contributed by atoms with Crippen molar-refractivity contribution >= 4 is 5.97 Å². The van der Waals surface area contributed by atoms with Crippen molar-refractivity contribution in [3.63, 3.8) is 0 Å². The Morgan fingerprint density at radius 3 is 2.53 bits per heavy atom. The summed E-state index contributed by atoms with van der Waals surface area (Å²) in [7, 11) is 1.46. The normalized spacial score (nSPS) is 12.2. The van der Waals surface area contributed by atoms with Gasteiger partial charge in [-0.2, -0.15) is 0 Å². The molecule has 1 atom stereocenters. The van der Waals surface area contributed by atoms with E-state index in [2.05, 4.69) is 32.9 Å². The summed E-state index contributed by atoms with van der Waals surface area (Å²) < 4.78 is 4.89. The van der Waals surface area contributed by atoms with Gasteiger partial charge < -0.3 is 4.74 Å². The summed E-state index contributed by atoms with van der Waals surface area (Å²) in [4.78, 5) is 11.8. The van der Waals surface area contributed by atoms with Crippen LogP contribution in [0.5, 0.6) is 0 Å². The number of carbonyl (C=O) groups excluding carboxylic acids is 1. The van der Waals surface area contributed by atoms with Gasteiger partial charge in [0.25, 0.3) is 0 Å². The van der Waals surface area contributed by atoms with E-state index in [9.17, 15) is 4.79 Å². The molecule has 0 N–H and O–H groups in total. The Hall–Kier alpha value is -1.31. The molecule has 2 heteroatoms. The zero-order valence-electron chi connectivity index (χ0n) is 11.2. The van der Waals surface area contributed by atoms with E-state index in [-0.39, 0.29) is 11.9 Å². The minimum Gasteiger partial charge on any atom is -0.469 e. The van der Waals surface area contributed by atoms with Crippen LogP contribution in [0.15, 0.2) is 18.2 Å². The van der Waals surface area contributed by atoms with Crippen LogP contribution in [0, 0.1) is 13.8 Å². The van der Waals surface area contributed by atoms with Crippen LogP contribution in [0.1, 0.15) is 48.8 Å². The molecule has 0 aromatic heterocycles. The van der Waals surface area contributed by atoms with Gasteiger partial charge in [0.05, 0.1) is 13.0 Å². The molecule has 1 aromatic carbocycles. The first-order chi connectivity index (χ1) is 8.10. The average molecular weight is 234 g/mol. The van der Waals surface area contributed by atoms with E-state index in [0.717, 1.165) is 24.8 Å². The number of rotatable bonds is 5. The Morgan fingerprint density at radius 2 is 2.00 bits per heavy atom. The van der Waals surface area contributed by atoms with Crippen LogP contribution in [0.2, 0.25) is 0 Å². The minimum absolute atomic E-state index is 0.112. The van der Waals surface area contributed by atoms with Crippen molar-refractivity contribution in [2.75, 3.05) is 7.11 Å². The highest BCUT2D eigenvalue weighted by atomic mass is 16.5. The molecule has 0 amide bonds. The summed E-state index contributed by atoms with van der Waals surface area (Å²) in [6, 6.07) is 6.22. The van der Waals surface area contributed by atoms with Crippen molar-refractivity contribution in [3.05, 3.63) is 34.9 Å². The fourth-order valence-corrected chi connectivity index (χ4v) is 1.95. The summed E-state index contributed by atoms with van der Waals surface area (Å²) >= 11 is 0. The van der Waals surface area contributed by atoms with Gasteiger partial charge in [-0.25, -0.2) is 0 Å². The van der Waals surface area contributed by atoms with Gasteiger partial charge in [0.2, 0.25) is 0 Å². The van der Waals surface area contributed by atoms with Crippen molar-refractivity contribution < 1.29 is 9.53 Å². The Kier molecular flexibility index (Phi) is 5.20. The van der Waals surface area contributed by atoms with Crippen molar-refractivity contribution in [1.29, 1.82) is 0 Å². The van der Waals surface area contributed by atoms with Crippen molar-refractivity contribution in [2.45, 2.75) is 46.0 Å². The first-order valence-electron chi connectivity index (χ1n) is 6.25. The molecule has 1 unspecified atom stereocenters. The molecule has 94 valence electrons. The SMILES string of the molecule is CCCCC(C(=O)OC)c1ccc(C)c(C)c1. The van der Waals surface area contributed by atoms with Crippen LogP contribution in [0.3, 0.4) is 0 Å².